The van der Waals surface area contributed by atoms with Gasteiger partial charge in [-0.3, -0.25) is 0 Å². The summed E-state index contributed by atoms with van der Waals surface area (Å²) in [6, 6.07) is 3.06. The first-order valence-corrected chi connectivity index (χ1v) is 6.38. The largest absolute Gasteiger partial charge is 0.365 e. The van der Waals surface area contributed by atoms with Crippen LogP contribution in [0.5, 0.6) is 0 Å². The Morgan fingerprint density at radius 1 is 1.56 bits per heavy atom. The average Bonchev–Trinajstić information content (AvgIpc) is 2.31. The number of anilines is 1. The van der Waals surface area contributed by atoms with E-state index in [2.05, 4.69) is 24.1 Å². The molecule has 18 heavy (non-hydrogen) atoms. The normalized spacial score (nSPS) is 12.3. The number of hydrogen-bond donors (Lipinski definition) is 1. The third kappa shape index (κ3) is 3.85. The minimum Gasteiger partial charge on any atom is -0.365 e. The van der Waals surface area contributed by atoms with Crippen molar-refractivity contribution in [1.29, 1.82) is 5.26 Å². The molecule has 1 aromatic heterocycles. The van der Waals surface area contributed by atoms with Crippen molar-refractivity contribution in [2.75, 3.05) is 5.32 Å². The number of nitrogens with one attached hydrogen (secondary N) is 1. The van der Waals surface area contributed by atoms with Gasteiger partial charge in [-0.05, 0) is 24.8 Å². The highest BCUT2D eigenvalue weighted by Gasteiger charge is 2.14. The SMILES string of the molecule is CC[C@H](CC(C)C)Nc1nc(Cl)c(C#N)cc1F. The Morgan fingerprint density at radius 2 is 2.22 bits per heavy atom. The van der Waals surface area contributed by atoms with Crippen molar-refractivity contribution in [3.63, 3.8) is 0 Å². The van der Waals surface area contributed by atoms with Gasteiger partial charge in [-0.1, -0.05) is 32.4 Å². The van der Waals surface area contributed by atoms with Gasteiger partial charge in [0, 0.05) is 6.04 Å². The lowest BCUT2D eigenvalue weighted by atomic mass is 10.0. The predicted molar refractivity (Wildman–Crippen MR) is 71.1 cm³/mol. The highest BCUT2D eigenvalue weighted by molar-refractivity contribution is 6.30. The second kappa shape index (κ2) is 6.55. The van der Waals surface area contributed by atoms with E-state index >= 15 is 0 Å². The lowest BCUT2D eigenvalue weighted by Crippen LogP contribution is -2.22. The maximum absolute atomic E-state index is 13.7. The van der Waals surface area contributed by atoms with Crippen LogP contribution in [0.3, 0.4) is 0 Å². The van der Waals surface area contributed by atoms with Crippen LogP contribution >= 0.6 is 11.6 Å². The van der Waals surface area contributed by atoms with E-state index < -0.39 is 5.82 Å². The summed E-state index contributed by atoms with van der Waals surface area (Å²) < 4.78 is 13.7. The zero-order chi connectivity index (χ0) is 13.7. The van der Waals surface area contributed by atoms with E-state index in [-0.39, 0.29) is 22.6 Å². The van der Waals surface area contributed by atoms with Gasteiger partial charge in [0.25, 0.3) is 0 Å². The monoisotopic (exact) mass is 269 g/mol. The van der Waals surface area contributed by atoms with Crippen LogP contribution in [0.15, 0.2) is 6.07 Å². The van der Waals surface area contributed by atoms with Gasteiger partial charge in [0.05, 0.1) is 5.56 Å². The van der Waals surface area contributed by atoms with Crippen molar-refractivity contribution in [2.24, 2.45) is 5.92 Å². The molecule has 0 saturated carbocycles. The van der Waals surface area contributed by atoms with Gasteiger partial charge >= 0.3 is 0 Å². The van der Waals surface area contributed by atoms with Gasteiger partial charge in [-0.15, -0.1) is 0 Å². The number of nitrogens with zero attached hydrogens (tertiary/aromatic N) is 2. The maximum Gasteiger partial charge on any atom is 0.166 e. The molecule has 98 valence electrons. The van der Waals surface area contributed by atoms with Crippen LogP contribution in [0.1, 0.15) is 39.2 Å². The molecule has 0 fully saturated rings. The molecule has 0 aliphatic rings. The molecule has 0 aliphatic carbocycles. The number of rotatable bonds is 5. The molecule has 5 heteroatoms. The third-order valence-corrected chi connectivity index (χ3v) is 2.93. The van der Waals surface area contributed by atoms with E-state index in [9.17, 15) is 4.39 Å². The number of aromatic nitrogens is 1. The van der Waals surface area contributed by atoms with E-state index in [4.69, 9.17) is 16.9 Å². The second-order valence-corrected chi connectivity index (χ2v) is 5.01. The summed E-state index contributed by atoms with van der Waals surface area (Å²) in [5.41, 5.74) is 0.0524. The summed E-state index contributed by atoms with van der Waals surface area (Å²) in [5, 5.41) is 11.8. The molecule has 1 heterocycles. The summed E-state index contributed by atoms with van der Waals surface area (Å²) in [6.07, 6.45) is 1.80. The molecule has 3 nitrogen and oxygen atoms in total. The van der Waals surface area contributed by atoms with Crippen LogP contribution in [-0.2, 0) is 0 Å². The number of halogens is 2. The Hall–Kier alpha value is -1.34. The third-order valence-electron chi connectivity index (χ3n) is 2.64. The molecule has 1 rings (SSSR count). The number of nitriles is 1. The Morgan fingerprint density at radius 3 is 2.72 bits per heavy atom. The molecule has 1 atom stereocenters. The van der Waals surface area contributed by atoms with E-state index in [1.807, 2.05) is 6.92 Å². The van der Waals surface area contributed by atoms with E-state index in [1.165, 1.54) is 0 Å². The lowest BCUT2D eigenvalue weighted by Gasteiger charge is -2.20. The maximum atomic E-state index is 13.7. The highest BCUT2D eigenvalue weighted by atomic mass is 35.5. The topological polar surface area (TPSA) is 48.7 Å². The van der Waals surface area contributed by atoms with E-state index in [1.54, 1.807) is 6.07 Å². The minimum atomic E-state index is -0.543. The van der Waals surface area contributed by atoms with Crippen LogP contribution in [0.2, 0.25) is 5.15 Å². The van der Waals surface area contributed by atoms with Crippen molar-refractivity contribution in [2.45, 2.75) is 39.7 Å². The highest BCUT2D eigenvalue weighted by Crippen LogP contribution is 2.22. The van der Waals surface area contributed by atoms with Gasteiger partial charge in [-0.25, -0.2) is 9.37 Å². The first kappa shape index (κ1) is 14.7. The molecule has 0 unspecified atom stereocenters. The fourth-order valence-electron chi connectivity index (χ4n) is 1.74. The standard InChI is InChI=1S/C13H17ClFN3/c1-4-10(5-8(2)3)17-13-11(15)6-9(7-16)12(14)18-13/h6,8,10H,4-5H2,1-3H3,(H,17,18)/t10-/m1/s1. The Kier molecular flexibility index (Phi) is 5.36. The van der Waals surface area contributed by atoms with E-state index in [0.29, 0.717) is 5.92 Å². The molecule has 1 aromatic rings. The van der Waals surface area contributed by atoms with Gasteiger partial charge in [0.2, 0.25) is 0 Å². The van der Waals surface area contributed by atoms with Crippen LogP contribution in [-0.4, -0.2) is 11.0 Å². The van der Waals surface area contributed by atoms with Crippen LogP contribution in [0.25, 0.3) is 0 Å². The van der Waals surface area contributed by atoms with Crippen molar-refractivity contribution in [3.05, 3.63) is 22.6 Å². The molecule has 0 saturated heterocycles. The van der Waals surface area contributed by atoms with Crippen molar-refractivity contribution >= 4 is 17.4 Å². The van der Waals surface area contributed by atoms with Gasteiger partial charge in [0.15, 0.2) is 11.6 Å². The molecule has 0 aromatic carbocycles. The van der Waals surface area contributed by atoms with Crippen LogP contribution < -0.4 is 5.32 Å². The zero-order valence-corrected chi connectivity index (χ0v) is 11.6. The summed E-state index contributed by atoms with van der Waals surface area (Å²) in [5.74, 6) is 0.0871. The summed E-state index contributed by atoms with van der Waals surface area (Å²) in [7, 11) is 0. The van der Waals surface area contributed by atoms with Crippen molar-refractivity contribution in [1.82, 2.24) is 4.98 Å². The zero-order valence-electron chi connectivity index (χ0n) is 10.8. The molecule has 0 spiro atoms. The number of pyridine rings is 1. The summed E-state index contributed by atoms with van der Waals surface area (Å²) in [6.45, 7) is 6.25. The molecule has 0 amide bonds. The predicted octanol–water partition coefficient (Wildman–Crippen LogP) is 3.98. The fourth-order valence-corrected chi connectivity index (χ4v) is 1.92. The number of hydrogen-bond acceptors (Lipinski definition) is 3. The Bertz CT molecular complexity index is 454. The molecular formula is C13H17ClFN3. The molecule has 1 N–H and O–H groups in total. The van der Waals surface area contributed by atoms with Crippen LogP contribution in [0.4, 0.5) is 10.2 Å². The van der Waals surface area contributed by atoms with Gasteiger partial charge < -0.3 is 5.32 Å². The van der Waals surface area contributed by atoms with Gasteiger partial charge in [-0.2, -0.15) is 5.26 Å². The Labute approximate surface area is 112 Å². The van der Waals surface area contributed by atoms with Crippen LogP contribution in [0, 0.1) is 23.1 Å². The second-order valence-electron chi connectivity index (χ2n) is 4.65. The summed E-state index contributed by atoms with van der Waals surface area (Å²) >= 11 is 5.79. The quantitative estimate of drug-likeness (QED) is 0.823. The fraction of sp³-hybridized carbons (Fsp3) is 0.538. The van der Waals surface area contributed by atoms with Crippen molar-refractivity contribution in [3.8, 4) is 6.07 Å². The molecular weight excluding hydrogens is 253 g/mol. The van der Waals surface area contributed by atoms with E-state index in [0.717, 1.165) is 18.9 Å². The van der Waals surface area contributed by atoms with Crippen molar-refractivity contribution < 1.29 is 4.39 Å². The minimum absolute atomic E-state index is 0.0285. The molecule has 0 bridgehead atoms. The lowest BCUT2D eigenvalue weighted by molar-refractivity contribution is 0.503. The smallest absolute Gasteiger partial charge is 0.166 e. The first-order valence-electron chi connectivity index (χ1n) is 6.00. The Balaban J connectivity index is 2.90. The molecule has 0 radical (unpaired) electrons. The van der Waals surface area contributed by atoms with Gasteiger partial charge in [0.1, 0.15) is 11.2 Å². The average molecular weight is 270 g/mol. The first-order chi connectivity index (χ1) is 8.47. The summed E-state index contributed by atoms with van der Waals surface area (Å²) in [4.78, 5) is 3.90. The molecule has 0 aliphatic heterocycles.